The van der Waals surface area contributed by atoms with Crippen molar-refractivity contribution in [3.63, 3.8) is 0 Å². The number of halogens is 2. The van der Waals surface area contributed by atoms with E-state index in [-0.39, 0.29) is 42.9 Å². The number of amides is 3. The Kier molecular flexibility index (Phi) is 12.8. The van der Waals surface area contributed by atoms with Crippen LogP contribution in [0.3, 0.4) is 0 Å². The van der Waals surface area contributed by atoms with Crippen LogP contribution in [0, 0.1) is 5.41 Å². The summed E-state index contributed by atoms with van der Waals surface area (Å²) < 4.78 is 5.30. The lowest BCUT2D eigenvalue weighted by molar-refractivity contribution is -0.131. The Morgan fingerprint density at radius 1 is 1.07 bits per heavy atom. The number of hydrogen-bond donors (Lipinski definition) is 4. The number of carbonyl (C=O) groups is 3. The van der Waals surface area contributed by atoms with Crippen LogP contribution in [0.15, 0.2) is 65.8 Å². The molecule has 1 aliphatic carbocycles. The van der Waals surface area contributed by atoms with Crippen LogP contribution in [-0.4, -0.2) is 60.1 Å². The van der Waals surface area contributed by atoms with Crippen molar-refractivity contribution >= 4 is 40.9 Å². The molecule has 11 heteroatoms. The quantitative estimate of drug-likeness (QED) is 0.227. The lowest BCUT2D eigenvalue weighted by Gasteiger charge is -2.37. The zero-order chi connectivity index (χ0) is 32.4. The molecule has 0 heterocycles. The average Bonchev–Trinajstić information content (AvgIpc) is 2.98. The molecule has 0 aliphatic heterocycles. The number of nitrogens with one attached hydrogen (secondary N) is 1. The largest absolute Gasteiger partial charge is 0.497 e. The average molecular weight is 646 g/mol. The van der Waals surface area contributed by atoms with Crippen LogP contribution in [0.5, 0.6) is 5.75 Å². The SMILES string of the molecule is CCCN(CCC)C(=O)C1=CC(C(N)=O)=CC(C[C@@H](O)[C@@H](N)Cc2cc(Cl)cc(Cl)c2)(C(=O)NCc2cccc(OC)c2)C1. The van der Waals surface area contributed by atoms with E-state index in [9.17, 15) is 19.5 Å². The van der Waals surface area contributed by atoms with Crippen LogP contribution in [0.1, 0.15) is 50.7 Å². The van der Waals surface area contributed by atoms with E-state index in [1.807, 2.05) is 26.0 Å². The summed E-state index contributed by atoms with van der Waals surface area (Å²) in [5, 5.41) is 15.2. The normalized spacial score (nSPS) is 17.6. The number of hydrogen-bond acceptors (Lipinski definition) is 6. The summed E-state index contributed by atoms with van der Waals surface area (Å²) in [6.07, 6.45) is 3.18. The Hall–Kier alpha value is -3.37. The number of aliphatic hydroxyl groups excluding tert-OH is 1. The minimum atomic E-state index is -1.50. The van der Waals surface area contributed by atoms with E-state index in [1.54, 1.807) is 42.3 Å². The Balaban J connectivity index is 1.99. The molecule has 0 radical (unpaired) electrons. The van der Waals surface area contributed by atoms with E-state index in [0.29, 0.717) is 34.4 Å². The number of ether oxygens (including phenoxy) is 1. The number of carbonyl (C=O) groups excluding carboxylic acids is 3. The summed E-state index contributed by atoms with van der Waals surface area (Å²) >= 11 is 12.3. The first kappa shape index (κ1) is 35.1. The first-order chi connectivity index (χ1) is 20.9. The minimum absolute atomic E-state index is 0.0199. The van der Waals surface area contributed by atoms with Crippen LogP contribution < -0.4 is 21.5 Å². The Morgan fingerprint density at radius 2 is 1.73 bits per heavy atom. The van der Waals surface area contributed by atoms with Gasteiger partial charge in [0.25, 0.3) is 0 Å². The van der Waals surface area contributed by atoms with Gasteiger partial charge in [0.05, 0.1) is 18.6 Å². The van der Waals surface area contributed by atoms with Gasteiger partial charge in [-0.25, -0.2) is 0 Å². The van der Waals surface area contributed by atoms with E-state index in [2.05, 4.69) is 5.32 Å². The lowest BCUT2D eigenvalue weighted by atomic mass is 9.70. The van der Waals surface area contributed by atoms with Crippen molar-refractivity contribution in [1.29, 1.82) is 0 Å². The molecule has 3 atom stereocenters. The van der Waals surface area contributed by atoms with E-state index in [0.717, 1.165) is 18.4 Å². The molecular formula is C33H42Cl2N4O5. The molecule has 6 N–H and O–H groups in total. The molecule has 0 spiro atoms. The van der Waals surface area contributed by atoms with E-state index >= 15 is 0 Å². The van der Waals surface area contributed by atoms with E-state index < -0.39 is 29.4 Å². The number of methoxy groups -OCH3 is 1. The Morgan fingerprint density at radius 3 is 2.32 bits per heavy atom. The maximum absolute atomic E-state index is 14.1. The third-order valence-corrected chi connectivity index (χ3v) is 8.04. The van der Waals surface area contributed by atoms with Crippen molar-refractivity contribution < 1.29 is 24.2 Å². The van der Waals surface area contributed by atoms with Crippen LogP contribution in [-0.2, 0) is 27.3 Å². The topological polar surface area (TPSA) is 148 Å². The van der Waals surface area contributed by atoms with Gasteiger partial charge in [0.1, 0.15) is 5.75 Å². The number of nitrogens with zero attached hydrogens (tertiary/aromatic N) is 1. The highest BCUT2D eigenvalue weighted by atomic mass is 35.5. The number of benzene rings is 2. The molecular weight excluding hydrogens is 603 g/mol. The third kappa shape index (κ3) is 9.32. The molecule has 238 valence electrons. The molecule has 2 aromatic rings. The summed E-state index contributed by atoms with van der Waals surface area (Å²) in [6.45, 7) is 5.13. The van der Waals surface area contributed by atoms with Gasteiger partial charge in [0.2, 0.25) is 17.7 Å². The second kappa shape index (κ2) is 16.1. The van der Waals surface area contributed by atoms with Gasteiger partial charge in [-0.3, -0.25) is 14.4 Å². The van der Waals surface area contributed by atoms with Gasteiger partial charge < -0.3 is 31.5 Å². The number of rotatable bonds is 15. The maximum Gasteiger partial charge on any atom is 0.249 e. The number of nitrogens with two attached hydrogens (primary N) is 2. The number of primary amides is 1. The number of aliphatic hydroxyl groups is 1. The summed E-state index contributed by atoms with van der Waals surface area (Å²) in [5.41, 5.74) is 12.5. The summed E-state index contributed by atoms with van der Waals surface area (Å²) in [4.78, 5) is 42.1. The highest BCUT2D eigenvalue weighted by Gasteiger charge is 2.44. The predicted octanol–water partition coefficient (Wildman–Crippen LogP) is 4.32. The molecule has 0 bridgehead atoms. The first-order valence-electron chi connectivity index (χ1n) is 14.7. The minimum Gasteiger partial charge on any atom is -0.497 e. The van der Waals surface area contributed by atoms with Crippen molar-refractivity contribution in [3.05, 3.63) is 86.9 Å². The molecule has 2 aromatic carbocycles. The second-order valence-corrected chi connectivity index (χ2v) is 12.1. The molecule has 0 fully saturated rings. The Labute approximate surface area is 269 Å². The van der Waals surface area contributed by atoms with Crippen LogP contribution >= 0.6 is 23.2 Å². The summed E-state index contributed by atoms with van der Waals surface area (Å²) in [5.74, 6) is -0.917. The van der Waals surface area contributed by atoms with Crippen LogP contribution in [0.4, 0.5) is 0 Å². The second-order valence-electron chi connectivity index (χ2n) is 11.2. The smallest absolute Gasteiger partial charge is 0.249 e. The summed E-state index contributed by atoms with van der Waals surface area (Å²) in [6, 6.07) is 11.4. The van der Waals surface area contributed by atoms with Crippen molar-refractivity contribution in [3.8, 4) is 5.75 Å². The molecule has 1 unspecified atom stereocenters. The van der Waals surface area contributed by atoms with Crippen LogP contribution in [0.2, 0.25) is 10.0 Å². The van der Waals surface area contributed by atoms with Crippen molar-refractivity contribution in [2.24, 2.45) is 16.9 Å². The third-order valence-electron chi connectivity index (χ3n) is 7.60. The van der Waals surface area contributed by atoms with Gasteiger partial charge in [-0.1, -0.05) is 55.3 Å². The zero-order valence-electron chi connectivity index (χ0n) is 25.4. The fourth-order valence-electron chi connectivity index (χ4n) is 5.48. The molecule has 0 aromatic heterocycles. The highest BCUT2D eigenvalue weighted by Crippen LogP contribution is 2.40. The molecule has 1 aliphatic rings. The predicted molar refractivity (Wildman–Crippen MR) is 173 cm³/mol. The first-order valence-corrected chi connectivity index (χ1v) is 15.5. The van der Waals surface area contributed by atoms with Gasteiger partial charge in [-0.05, 0) is 79.6 Å². The fourth-order valence-corrected chi connectivity index (χ4v) is 6.05. The van der Waals surface area contributed by atoms with Crippen molar-refractivity contribution in [1.82, 2.24) is 10.2 Å². The summed E-state index contributed by atoms with van der Waals surface area (Å²) in [7, 11) is 1.55. The van der Waals surface area contributed by atoms with Crippen molar-refractivity contribution in [2.75, 3.05) is 20.2 Å². The standard InChI is InChI=1S/C33H42Cl2N4O5/c1-4-9-39(10-5-2)31(42)24-15-23(30(37)41)17-33(18-24,32(43)38-20-21-7-6-8-27(13-21)44-3)19-29(40)28(36)14-22-11-25(34)16-26(35)12-22/h6-8,11-13,15-17,28-29,40H,4-5,9-10,14,18-20,36H2,1-3H3,(H2,37,41)(H,38,43)/t28-,29+,33?/m0/s1. The molecule has 0 saturated carbocycles. The van der Waals surface area contributed by atoms with E-state index in [4.69, 9.17) is 39.4 Å². The van der Waals surface area contributed by atoms with Gasteiger partial charge in [0, 0.05) is 46.9 Å². The maximum atomic E-state index is 14.1. The highest BCUT2D eigenvalue weighted by molar-refractivity contribution is 6.34. The zero-order valence-corrected chi connectivity index (χ0v) is 27.0. The monoisotopic (exact) mass is 644 g/mol. The van der Waals surface area contributed by atoms with Gasteiger partial charge >= 0.3 is 0 Å². The van der Waals surface area contributed by atoms with Gasteiger partial charge in [-0.15, -0.1) is 0 Å². The van der Waals surface area contributed by atoms with Crippen molar-refractivity contribution in [2.45, 2.75) is 64.6 Å². The molecule has 44 heavy (non-hydrogen) atoms. The van der Waals surface area contributed by atoms with Gasteiger partial charge in [0.15, 0.2) is 0 Å². The van der Waals surface area contributed by atoms with Gasteiger partial charge in [-0.2, -0.15) is 0 Å². The molecule has 0 saturated heterocycles. The lowest BCUT2D eigenvalue weighted by Crippen LogP contribution is -2.48. The molecule has 3 rings (SSSR count). The molecule has 3 amide bonds. The van der Waals surface area contributed by atoms with Crippen LogP contribution in [0.25, 0.3) is 0 Å². The Bertz CT molecular complexity index is 1390. The van der Waals surface area contributed by atoms with E-state index in [1.165, 1.54) is 12.2 Å². The molecule has 9 nitrogen and oxygen atoms in total. The fraction of sp³-hybridized carbons (Fsp3) is 0.424.